The largest absolute Gasteiger partial charge is 0.381 e. The van der Waals surface area contributed by atoms with E-state index < -0.39 is 0 Å². The van der Waals surface area contributed by atoms with Crippen molar-refractivity contribution in [2.45, 2.75) is 38.5 Å². The lowest BCUT2D eigenvalue weighted by Crippen LogP contribution is -2.27. The fraction of sp³-hybridized carbons (Fsp3) is 0.550. The highest BCUT2D eigenvalue weighted by Crippen LogP contribution is 2.26. The number of ether oxygens (including phenoxy) is 2. The molecule has 0 saturated carbocycles. The molecule has 0 spiro atoms. The molecule has 1 N–H and O–H groups in total. The SMILES string of the molecule is Fc1cccc(CNC[C@@H]2OCCc3cn(CC4CCOCC4)nc32)c1. The molecule has 1 atom stereocenters. The van der Waals surface area contributed by atoms with Crippen LogP contribution in [0.15, 0.2) is 30.5 Å². The molecule has 140 valence electrons. The van der Waals surface area contributed by atoms with Gasteiger partial charge in [-0.3, -0.25) is 4.68 Å². The molecule has 6 heteroatoms. The zero-order chi connectivity index (χ0) is 17.8. The predicted octanol–water partition coefficient (Wildman–Crippen LogP) is 2.85. The zero-order valence-corrected chi connectivity index (χ0v) is 15.0. The van der Waals surface area contributed by atoms with Crippen LogP contribution >= 0.6 is 0 Å². The average molecular weight is 359 g/mol. The molecule has 1 saturated heterocycles. The highest BCUT2D eigenvalue weighted by molar-refractivity contribution is 5.22. The van der Waals surface area contributed by atoms with Gasteiger partial charge in [0.15, 0.2) is 0 Å². The minimum atomic E-state index is -0.202. The lowest BCUT2D eigenvalue weighted by molar-refractivity contribution is 0.0388. The maximum Gasteiger partial charge on any atom is 0.123 e. The van der Waals surface area contributed by atoms with Crippen molar-refractivity contribution in [1.82, 2.24) is 15.1 Å². The van der Waals surface area contributed by atoms with E-state index in [0.717, 1.165) is 56.9 Å². The smallest absolute Gasteiger partial charge is 0.123 e. The molecule has 2 aliphatic rings. The molecule has 4 rings (SSSR count). The lowest BCUT2D eigenvalue weighted by atomic mass is 10.0. The minimum absolute atomic E-state index is 0.0387. The predicted molar refractivity (Wildman–Crippen MR) is 96.3 cm³/mol. The molecular weight excluding hydrogens is 333 g/mol. The van der Waals surface area contributed by atoms with E-state index in [-0.39, 0.29) is 11.9 Å². The number of hydrogen-bond acceptors (Lipinski definition) is 4. The number of benzene rings is 1. The third kappa shape index (κ3) is 4.31. The summed E-state index contributed by atoms with van der Waals surface area (Å²) >= 11 is 0. The first-order chi connectivity index (χ1) is 12.8. The Hall–Kier alpha value is -1.76. The second-order valence-electron chi connectivity index (χ2n) is 7.19. The van der Waals surface area contributed by atoms with E-state index in [1.54, 1.807) is 12.1 Å². The van der Waals surface area contributed by atoms with Crippen LogP contribution < -0.4 is 5.32 Å². The number of nitrogens with zero attached hydrogens (tertiary/aromatic N) is 2. The van der Waals surface area contributed by atoms with Gasteiger partial charge in [0.2, 0.25) is 0 Å². The molecular formula is C20H26FN3O2. The molecule has 3 heterocycles. The maximum atomic E-state index is 13.3. The average Bonchev–Trinajstić information content (AvgIpc) is 3.06. The molecule has 2 aromatic rings. The standard InChI is InChI=1S/C20H26FN3O2/c21-18-3-1-2-16(10-18)11-22-12-19-20-17(6-9-26-19)14-24(23-20)13-15-4-7-25-8-5-15/h1-3,10,14-15,19,22H,4-9,11-13H2/t19-/m0/s1. The summed E-state index contributed by atoms with van der Waals surface area (Å²) in [4.78, 5) is 0. The Morgan fingerprint density at radius 1 is 1.23 bits per heavy atom. The van der Waals surface area contributed by atoms with Crippen molar-refractivity contribution < 1.29 is 13.9 Å². The van der Waals surface area contributed by atoms with Crippen LogP contribution in [0.1, 0.15) is 35.8 Å². The molecule has 1 aromatic heterocycles. The summed E-state index contributed by atoms with van der Waals surface area (Å²) in [5.41, 5.74) is 3.28. The third-order valence-corrected chi connectivity index (χ3v) is 5.20. The normalized spacial score (nSPS) is 20.9. The summed E-state index contributed by atoms with van der Waals surface area (Å²) in [6.07, 6.45) is 5.29. The van der Waals surface area contributed by atoms with Crippen LogP contribution in [0.5, 0.6) is 0 Å². The fourth-order valence-corrected chi connectivity index (χ4v) is 3.77. The van der Waals surface area contributed by atoms with Crippen LogP contribution in [-0.2, 0) is 29.0 Å². The minimum Gasteiger partial charge on any atom is -0.381 e. The van der Waals surface area contributed by atoms with Gasteiger partial charge in [-0.05, 0) is 48.4 Å². The molecule has 5 nitrogen and oxygen atoms in total. The van der Waals surface area contributed by atoms with Crippen LogP contribution in [0.4, 0.5) is 4.39 Å². The summed E-state index contributed by atoms with van der Waals surface area (Å²) in [5.74, 6) is 0.447. The van der Waals surface area contributed by atoms with E-state index in [1.807, 2.05) is 6.07 Å². The van der Waals surface area contributed by atoms with Crippen molar-refractivity contribution in [3.8, 4) is 0 Å². The van der Waals surface area contributed by atoms with Gasteiger partial charge in [-0.1, -0.05) is 12.1 Å². The second-order valence-corrected chi connectivity index (χ2v) is 7.19. The first-order valence-electron chi connectivity index (χ1n) is 9.48. The Kier molecular flexibility index (Phi) is 5.62. The van der Waals surface area contributed by atoms with Gasteiger partial charge in [-0.25, -0.2) is 4.39 Å². The van der Waals surface area contributed by atoms with Crippen molar-refractivity contribution in [2.24, 2.45) is 5.92 Å². The van der Waals surface area contributed by atoms with Crippen LogP contribution in [0.2, 0.25) is 0 Å². The first kappa shape index (κ1) is 17.6. The van der Waals surface area contributed by atoms with Gasteiger partial charge in [0.1, 0.15) is 11.9 Å². The number of rotatable bonds is 6. The summed E-state index contributed by atoms with van der Waals surface area (Å²) < 4.78 is 26.7. The zero-order valence-electron chi connectivity index (χ0n) is 15.0. The number of hydrogen-bond donors (Lipinski definition) is 1. The van der Waals surface area contributed by atoms with Gasteiger partial charge in [-0.2, -0.15) is 5.10 Å². The Morgan fingerprint density at radius 2 is 2.12 bits per heavy atom. The van der Waals surface area contributed by atoms with E-state index in [2.05, 4.69) is 16.2 Å². The summed E-state index contributed by atoms with van der Waals surface area (Å²) in [6.45, 7) is 4.71. The molecule has 0 aliphatic carbocycles. The van der Waals surface area contributed by atoms with Gasteiger partial charge in [0.05, 0.1) is 12.3 Å². The molecule has 0 amide bonds. The van der Waals surface area contributed by atoms with Gasteiger partial charge in [0, 0.05) is 39.0 Å². The third-order valence-electron chi connectivity index (χ3n) is 5.20. The summed E-state index contributed by atoms with van der Waals surface area (Å²) in [6, 6.07) is 6.68. The molecule has 1 aromatic carbocycles. The van der Waals surface area contributed by atoms with E-state index in [9.17, 15) is 4.39 Å². The van der Waals surface area contributed by atoms with Gasteiger partial charge >= 0.3 is 0 Å². The van der Waals surface area contributed by atoms with Crippen LogP contribution in [0, 0.1) is 11.7 Å². The van der Waals surface area contributed by atoms with Gasteiger partial charge in [0.25, 0.3) is 0 Å². The second kappa shape index (κ2) is 8.29. The Bertz CT molecular complexity index is 728. The van der Waals surface area contributed by atoms with Crippen molar-refractivity contribution in [2.75, 3.05) is 26.4 Å². The lowest BCUT2D eigenvalue weighted by Gasteiger charge is -2.22. The van der Waals surface area contributed by atoms with E-state index in [0.29, 0.717) is 19.0 Å². The number of nitrogens with one attached hydrogen (secondary N) is 1. The molecule has 2 aliphatic heterocycles. The maximum absolute atomic E-state index is 13.3. The number of aromatic nitrogens is 2. The highest BCUT2D eigenvalue weighted by Gasteiger charge is 2.25. The first-order valence-corrected chi connectivity index (χ1v) is 9.48. The Labute approximate surface area is 153 Å². The molecule has 1 fully saturated rings. The molecule has 0 unspecified atom stereocenters. The van der Waals surface area contributed by atoms with Crippen LogP contribution in [0.25, 0.3) is 0 Å². The van der Waals surface area contributed by atoms with Crippen molar-refractivity contribution >= 4 is 0 Å². The van der Waals surface area contributed by atoms with Crippen molar-refractivity contribution in [3.63, 3.8) is 0 Å². The van der Waals surface area contributed by atoms with Gasteiger partial charge in [-0.15, -0.1) is 0 Å². The van der Waals surface area contributed by atoms with Crippen LogP contribution in [0.3, 0.4) is 0 Å². The summed E-state index contributed by atoms with van der Waals surface area (Å²) in [5, 5.41) is 8.19. The molecule has 26 heavy (non-hydrogen) atoms. The monoisotopic (exact) mass is 359 g/mol. The van der Waals surface area contributed by atoms with E-state index >= 15 is 0 Å². The topological polar surface area (TPSA) is 48.3 Å². The quantitative estimate of drug-likeness (QED) is 0.862. The molecule has 0 bridgehead atoms. The van der Waals surface area contributed by atoms with E-state index in [1.165, 1.54) is 11.6 Å². The van der Waals surface area contributed by atoms with Gasteiger partial charge < -0.3 is 14.8 Å². The van der Waals surface area contributed by atoms with Crippen molar-refractivity contribution in [3.05, 3.63) is 53.1 Å². The molecule has 0 radical (unpaired) electrons. The van der Waals surface area contributed by atoms with Crippen LogP contribution in [-0.4, -0.2) is 36.1 Å². The fourth-order valence-electron chi connectivity index (χ4n) is 3.77. The Morgan fingerprint density at radius 3 is 2.96 bits per heavy atom. The Balaban J connectivity index is 1.35. The van der Waals surface area contributed by atoms with Crippen molar-refractivity contribution in [1.29, 1.82) is 0 Å². The highest BCUT2D eigenvalue weighted by atomic mass is 19.1. The number of fused-ring (bicyclic) bond motifs is 1. The summed E-state index contributed by atoms with van der Waals surface area (Å²) in [7, 11) is 0. The van der Waals surface area contributed by atoms with E-state index in [4.69, 9.17) is 14.6 Å². The number of halogens is 1.